The number of hydrogen-bond acceptors (Lipinski definition) is 6. The van der Waals surface area contributed by atoms with Crippen LogP contribution in [0.15, 0.2) is 48.5 Å². The first kappa shape index (κ1) is 20.2. The lowest BCUT2D eigenvalue weighted by Crippen LogP contribution is -2.16. The van der Waals surface area contributed by atoms with Crippen LogP contribution in [0.4, 0.5) is 8.78 Å². The molecule has 0 aliphatic carbocycles. The van der Waals surface area contributed by atoms with Gasteiger partial charge in [-0.05, 0) is 48.5 Å². The quantitative estimate of drug-likeness (QED) is 0.464. The summed E-state index contributed by atoms with van der Waals surface area (Å²) in [5.74, 6) is 0.159. The Balaban J connectivity index is 1.70. The fourth-order valence-electron chi connectivity index (χ4n) is 2.05. The highest BCUT2D eigenvalue weighted by Gasteiger charge is 2.11. The summed E-state index contributed by atoms with van der Waals surface area (Å²) in [6, 6.07) is 12.0. The minimum absolute atomic E-state index is 0.0273. The number of benzene rings is 2. The summed E-state index contributed by atoms with van der Waals surface area (Å²) in [5.41, 5.74) is 0.221. The number of halogens is 2. The highest BCUT2D eigenvalue weighted by Crippen LogP contribution is 2.17. The molecule has 0 amide bonds. The van der Waals surface area contributed by atoms with Gasteiger partial charge in [-0.3, -0.25) is 9.59 Å². The molecule has 0 radical (unpaired) electrons. The number of methoxy groups -OCH3 is 1. The Kier molecular flexibility index (Phi) is 7.54. The van der Waals surface area contributed by atoms with Crippen LogP contribution in [0, 0.1) is 0 Å². The van der Waals surface area contributed by atoms with Crippen molar-refractivity contribution >= 4 is 11.8 Å². The summed E-state index contributed by atoms with van der Waals surface area (Å²) in [4.78, 5) is 23.6. The monoisotopic (exact) mass is 380 g/mol. The molecule has 2 aromatic carbocycles. The van der Waals surface area contributed by atoms with Gasteiger partial charge in [0.15, 0.2) is 12.4 Å². The van der Waals surface area contributed by atoms with Crippen molar-refractivity contribution in [2.75, 3.05) is 20.3 Å². The molecule has 2 rings (SSSR count). The summed E-state index contributed by atoms with van der Waals surface area (Å²) < 4.78 is 43.6. The van der Waals surface area contributed by atoms with Crippen molar-refractivity contribution in [3.63, 3.8) is 0 Å². The number of hydrogen-bond donors (Lipinski definition) is 0. The van der Waals surface area contributed by atoms with E-state index in [1.807, 2.05) is 0 Å². The predicted molar refractivity (Wildman–Crippen MR) is 91.5 cm³/mol. The summed E-state index contributed by atoms with van der Waals surface area (Å²) in [5, 5.41) is 0. The number of Topliss-reactive ketones (excluding diaryl/α,β-unsaturated/α-hetero) is 1. The SMILES string of the molecule is COc1ccc(OCCC(=O)OCC(=O)c2ccc(OC(F)F)cc2)cc1. The highest BCUT2D eigenvalue weighted by molar-refractivity contribution is 5.98. The minimum atomic E-state index is -2.94. The van der Waals surface area contributed by atoms with Gasteiger partial charge >= 0.3 is 12.6 Å². The fraction of sp³-hybridized carbons (Fsp3) is 0.263. The Labute approximate surface area is 154 Å². The second-order valence-electron chi connectivity index (χ2n) is 5.26. The van der Waals surface area contributed by atoms with Crippen molar-refractivity contribution in [2.24, 2.45) is 0 Å². The van der Waals surface area contributed by atoms with Crippen LogP contribution >= 0.6 is 0 Å². The average Bonchev–Trinajstić information content (AvgIpc) is 2.67. The standard InChI is InChI=1S/C19H18F2O6/c1-24-14-6-8-15(9-7-14)25-11-10-18(23)26-12-17(22)13-2-4-16(5-3-13)27-19(20)21/h2-9,19H,10-12H2,1H3. The van der Waals surface area contributed by atoms with E-state index in [9.17, 15) is 18.4 Å². The Morgan fingerprint density at radius 3 is 2.11 bits per heavy atom. The first-order valence-corrected chi connectivity index (χ1v) is 7.98. The zero-order valence-electron chi connectivity index (χ0n) is 14.5. The summed E-state index contributed by atoms with van der Waals surface area (Å²) in [7, 11) is 1.55. The molecule has 0 spiro atoms. The van der Waals surface area contributed by atoms with Gasteiger partial charge in [0.05, 0.1) is 20.1 Å². The zero-order valence-corrected chi connectivity index (χ0v) is 14.5. The number of rotatable bonds is 10. The lowest BCUT2D eigenvalue weighted by atomic mass is 10.1. The van der Waals surface area contributed by atoms with Crippen LogP contribution in [-0.4, -0.2) is 38.7 Å². The Hall–Kier alpha value is -3.16. The topological polar surface area (TPSA) is 71.1 Å². The summed E-state index contributed by atoms with van der Waals surface area (Å²) in [6.45, 7) is -3.29. The van der Waals surface area contributed by atoms with E-state index in [1.165, 1.54) is 24.3 Å². The van der Waals surface area contributed by atoms with Crippen LogP contribution in [0.3, 0.4) is 0 Å². The number of esters is 1. The Morgan fingerprint density at radius 2 is 1.52 bits per heavy atom. The van der Waals surface area contributed by atoms with Gasteiger partial charge in [-0.2, -0.15) is 8.78 Å². The molecule has 0 unspecified atom stereocenters. The van der Waals surface area contributed by atoms with E-state index >= 15 is 0 Å². The second kappa shape index (κ2) is 10.1. The molecule has 0 aliphatic heterocycles. The maximum atomic E-state index is 12.1. The number of alkyl halides is 2. The lowest BCUT2D eigenvalue weighted by molar-refractivity contribution is -0.143. The van der Waals surface area contributed by atoms with Crippen LogP contribution in [-0.2, 0) is 9.53 Å². The van der Waals surface area contributed by atoms with Gasteiger partial charge < -0.3 is 18.9 Å². The van der Waals surface area contributed by atoms with E-state index in [-0.39, 0.29) is 24.3 Å². The third-order valence-electron chi connectivity index (χ3n) is 3.40. The van der Waals surface area contributed by atoms with Crippen molar-refractivity contribution in [2.45, 2.75) is 13.0 Å². The molecule has 0 heterocycles. The highest BCUT2D eigenvalue weighted by atomic mass is 19.3. The van der Waals surface area contributed by atoms with Crippen molar-refractivity contribution < 1.29 is 37.3 Å². The Bertz CT molecular complexity index is 744. The number of carbonyl (C=O) groups is 2. The molecule has 0 aliphatic rings. The molecule has 0 atom stereocenters. The van der Waals surface area contributed by atoms with Gasteiger partial charge in [0, 0.05) is 5.56 Å². The molecule has 0 saturated heterocycles. The van der Waals surface area contributed by atoms with E-state index in [0.717, 1.165) is 0 Å². The third kappa shape index (κ3) is 6.93. The molecular weight excluding hydrogens is 362 g/mol. The normalized spacial score (nSPS) is 10.4. The van der Waals surface area contributed by atoms with Crippen LogP contribution in [0.2, 0.25) is 0 Å². The van der Waals surface area contributed by atoms with Gasteiger partial charge in [-0.15, -0.1) is 0 Å². The van der Waals surface area contributed by atoms with Crippen LogP contribution < -0.4 is 14.2 Å². The van der Waals surface area contributed by atoms with Crippen molar-refractivity contribution in [3.8, 4) is 17.2 Å². The summed E-state index contributed by atoms with van der Waals surface area (Å²) in [6.07, 6.45) is -0.0273. The molecule has 0 aromatic heterocycles. The molecule has 144 valence electrons. The van der Waals surface area contributed by atoms with Crippen molar-refractivity contribution in [3.05, 3.63) is 54.1 Å². The molecule has 0 saturated carbocycles. The second-order valence-corrected chi connectivity index (χ2v) is 5.26. The van der Waals surface area contributed by atoms with Gasteiger partial charge in [-0.25, -0.2) is 0 Å². The van der Waals surface area contributed by atoms with Gasteiger partial charge in [0.2, 0.25) is 0 Å². The molecule has 0 fully saturated rings. The maximum absolute atomic E-state index is 12.1. The van der Waals surface area contributed by atoms with Crippen LogP contribution in [0.5, 0.6) is 17.2 Å². The number of ether oxygens (including phenoxy) is 4. The summed E-state index contributed by atoms with van der Waals surface area (Å²) >= 11 is 0. The van der Waals surface area contributed by atoms with Crippen molar-refractivity contribution in [1.29, 1.82) is 0 Å². The van der Waals surface area contributed by atoms with Gasteiger partial charge in [-0.1, -0.05) is 0 Å². The van der Waals surface area contributed by atoms with Crippen molar-refractivity contribution in [1.82, 2.24) is 0 Å². The first-order valence-electron chi connectivity index (χ1n) is 7.98. The molecule has 2 aromatic rings. The molecular formula is C19H18F2O6. The predicted octanol–water partition coefficient (Wildman–Crippen LogP) is 3.49. The van der Waals surface area contributed by atoms with E-state index in [2.05, 4.69) is 4.74 Å². The van der Waals surface area contributed by atoms with E-state index < -0.39 is 25.0 Å². The largest absolute Gasteiger partial charge is 0.497 e. The van der Waals surface area contributed by atoms with Crippen LogP contribution in [0.1, 0.15) is 16.8 Å². The molecule has 0 bridgehead atoms. The van der Waals surface area contributed by atoms with Gasteiger partial charge in [0.1, 0.15) is 17.2 Å². The van der Waals surface area contributed by atoms with Gasteiger partial charge in [0.25, 0.3) is 0 Å². The van der Waals surface area contributed by atoms with E-state index in [0.29, 0.717) is 11.5 Å². The average molecular weight is 380 g/mol. The Morgan fingerprint density at radius 1 is 0.926 bits per heavy atom. The third-order valence-corrected chi connectivity index (χ3v) is 3.40. The minimum Gasteiger partial charge on any atom is -0.497 e. The maximum Gasteiger partial charge on any atom is 0.387 e. The van der Waals surface area contributed by atoms with Crippen LogP contribution in [0.25, 0.3) is 0 Å². The number of carbonyl (C=O) groups excluding carboxylic acids is 2. The van der Waals surface area contributed by atoms with E-state index in [4.69, 9.17) is 14.2 Å². The molecule has 6 nitrogen and oxygen atoms in total. The lowest BCUT2D eigenvalue weighted by Gasteiger charge is -2.08. The smallest absolute Gasteiger partial charge is 0.387 e. The van der Waals surface area contributed by atoms with E-state index in [1.54, 1.807) is 31.4 Å². The molecule has 0 N–H and O–H groups in total. The fourth-order valence-corrected chi connectivity index (χ4v) is 2.05. The number of ketones is 1. The molecule has 8 heteroatoms. The zero-order chi connectivity index (χ0) is 19.6. The molecule has 27 heavy (non-hydrogen) atoms. The first-order chi connectivity index (χ1) is 13.0.